The number of primary sulfonamides is 1. The van der Waals surface area contributed by atoms with E-state index in [4.69, 9.17) is 9.88 Å². The Morgan fingerprint density at radius 2 is 1.60 bits per heavy atom. The van der Waals surface area contributed by atoms with Crippen molar-refractivity contribution in [1.29, 1.82) is 0 Å². The first-order valence-electron chi connectivity index (χ1n) is 8.00. The number of rotatable bonds is 4. The van der Waals surface area contributed by atoms with Gasteiger partial charge in [-0.05, 0) is 53.8 Å². The Hall–Kier alpha value is -2.44. The molecule has 0 bridgehead atoms. The third-order valence-corrected chi connectivity index (χ3v) is 5.55. The fourth-order valence-electron chi connectivity index (χ4n) is 3.16. The van der Waals surface area contributed by atoms with Gasteiger partial charge in [-0.25, -0.2) is 18.5 Å². The van der Waals surface area contributed by atoms with Crippen LogP contribution in [0.15, 0.2) is 59.8 Å². The van der Waals surface area contributed by atoms with Crippen molar-refractivity contribution in [3.05, 3.63) is 65.9 Å². The van der Waals surface area contributed by atoms with E-state index in [1.54, 1.807) is 19.4 Å². The zero-order chi connectivity index (χ0) is 17.7. The maximum Gasteiger partial charge on any atom is 0.255 e. The molecule has 2 N–H and O–H groups in total. The highest BCUT2D eigenvalue weighted by Gasteiger charge is 2.43. The van der Waals surface area contributed by atoms with Crippen LogP contribution in [-0.4, -0.2) is 20.5 Å². The first-order chi connectivity index (χ1) is 11.9. The number of sulfonamides is 1. The number of hydrogen-bond acceptors (Lipinski definition) is 4. The number of pyridine rings is 1. The Morgan fingerprint density at radius 3 is 2.08 bits per heavy atom. The van der Waals surface area contributed by atoms with Gasteiger partial charge in [-0.2, -0.15) is 0 Å². The molecule has 2 aliphatic rings. The monoisotopic (exact) mass is 354 g/mol. The molecule has 1 aromatic carbocycles. The van der Waals surface area contributed by atoms with Crippen molar-refractivity contribution >= 4 is 21.2 Å². The van der Waals surface area contributed by atoms with E-state index in [0.717, 1.165) is 40.9 Å². The van der Waals surface area contributed by atoms with Gasteiger partial charge in [0, 0.05) is 17.2 Å². The van der Waals surface area contributed by atoms with Crippen LogP contribution in [0.1, 0.15) is 24.0 Å². The molecule has 4 rings (SSSR count). The molecule has 1 fully saturated rings. The average Bonchev–Trinajstić information content (AvgIpc) is 3.25. The molecule has 0 radical (unpaired) electrons. The highest BCUT2D eigenvalue weighted by atomic mass is 32.2. The zero-order valence-electron chi connectivity index (χ0n) is 13.8. The SMILES string of the molecule is COc1ccc(C2=CC3(C=C2c2ccc(S(N)(=O)=O)nc2)CC3)cc1. The molecule has 6 heteroatoms. The van der Waals surface area contributed by atoms with Gasteiger partial charge in [0.1, 0.15) is 5.75 Å². The molecule has 0 unspecified atom stereocenters. The van der Waals surface area contributed by atoms with Crippen molar-refractivity contribution in [2.75, 3.05) is 7.11 Å². The first kappa shape index (κ1) is 16.1. The number of ether oxygens (including phenoxy) is 1. The second kappa shape index (κ2) is 5.54. The summed E-state index contributed by atoms with van der Waals surface area (Å²) < 4.78 is 28.0. The van der Waals surface area contributed by atoms with Gasteiger partial charge >= 0.3 is 0 Å². The fraction of sp³-hybridized carbons (Fsp3) is 0.211. The number of hydrogen-bond donors (Lipinski definition) is 1. The topological polar surface area (TPSA) is 82.3 Å². The fourth-order valence-corrected chi connectivity index (χ4v) is 3.62. The van der Waals surface area contributed by atoms with Gasteiger partial charge < -0.3 is 4.74 Å². The van der Waals surface area contributed by atoms with Crippen LogP contribution in [0, 0.1) is 5.41 Å². The molecule has 0 atom stereocenters. The van der Waals surface area contributed by atoms with Crippen molar-refractivity contribution in [2.24, 2.45) is 10.6 Å². The van der Waals surface area contributed by atoms with E-state index in [1.165, 1.54) is 6.07 Å². The van der Waals surface area contributed by atoms with Gasteiger partial charge in [0.05, 0.1) is 7.11 Å². The van der Waals surface area contributed by atoms with Gasteiger partial charge in [0.15, 0.2) is 5.03 Å². The minimum Gasteiger partial charge on any atom is -0.497 e. The summed E-state index contributed by atoms with van der Waals surface area (Å²) in [7, 11) is -2.14. The molecule has 2 aliphatic carbocycles. The number of nitrogens with zero attached hydrogens (tertiary/aromatic N) is 1. The van der Waals surface area contributed by atoms with E-state index < -0.39 is 10.0 Å². The molecular weight excluding hydrogens is 336 g/mol. The number of aromatic nitrogens is 1. The molecule has 5 nitrogen and oxygen atoms in total. The molecule has 0 amide bonds. The smallest absolute Gasteiger partial charge is 0.255 e. The van der Waals surface area contributed by atoms with Crippen molar-refractivity contribution in [1.82, 2.24) is 4.98 Å². The van der Waals surface area contributed by atoms with E-state index in [2.05, 4.69) is 17.1 Å². The highest BCUT2D eigenvalue weighted by molar-refractivity contribution is 7.89. The highest BCUT2D eigenvalue weighted by Crippen LogP contribution is 2.57. The van der Waals surface area contributed by atoms with Gasteiger partial charge in [0.25, 0.3) is 10.0 Å². The first-order valence-corrected chi connectivity index (χ1v) is 9.55. The molecule has 0 saturated heterocycles. The van der Waals surface area contributed by atoms with E-state index in [0.29, 0.717) is 0 Å². The maximum atomic E-state index is 11.4. The lowest BCUT2D eigenvalue weighted by atomic mass is 9.96. The lowest BCUT2D eigenvalue weighted by Crippen LogP contribution is -2.13. The number of benzene rings is 1. The summed E-state index contributed by atoms with van der Waals surface area (Å²) in [5, 5.41) is 5.01. The molecule has 1 saturated carbocycles. The molecule has 1 aromatic heterocycles. The van der Waals surface area contributed by atoms with E-state index in [1.807, 2.05) is 24.3 Å². The molecule has 128 valence electrons. The normalized spacial score (nSPS) is 18.0. The van der Waals surface area contributed by atoms with Crippen molar-refractivity contribution in [3.63, 3.8) is 0 Å². The summed E-state index contributed by atoms with van der Waals surface area (Å²) in [5.41, 5.74) is 4.36. The molecular formula is C19H18N2O3S. The van der Waals surface area contributed by atoms with Crippen LogP contribution in [0.25, 0.3) is 11.1 Å². The van der Waals surface area contributed by atoms with E-state index in [-0.39, 0.29) is 10.4 Å². The second-order valence-electron chi connectivity index (χ2n) is 6.51. The van der Waals surface area contributed by atoms with Crippen molar-refractivity contribution in [2.45, 2.75) is 17.9 Å². The van der Waals surface area contributed by atoms with Crippen LogP contribution in [-0.2, 0) is 10.0 Å². The Morgan fingerprint density at radius 1 is 1.00 bits per heavy atom. The van der Waals surface area contributed by atoms with Crippen LogP contribution >= 0.6 is 0 Å². The third kappa shape index (κ3) is 2.99. The van der Waals surface area contributed by atoms with Gasteiger partial charge in [0.2, 0.25) is 0 Å². The molecule has 0 aliphatic heterocycles. The zero-order valence-corrected chi connectivity index (χ0v) is 14.6. The maximum absolute atomic E-state index is 11.4. The van der Waals surface area contributed by atoms with Crippen molar-refractivity contribution < 1.29 is 13.2 Å². The standard InChI is InChI=1S/C19H18N2O3S/c1-24-15-5-2-13(3-6-15)16-10-19(8-9-19)11-17(16)14-4-7-18(21-12-14)25(20,22)23/h2-7,10-12H,8-9H2,1H3,(H2,20,22,23). The average molecular weight is 354 g/mol. The van der Waals surface area contributed by atoms with Gasteiger partial charge in [-0.1, -0.05) is 24.3 Å². The predicted octanol–water partition coefficient (Wildman–Crippen LogP) is 3.00. The van der Waals surface area contributed by atoms with Crippen LogP contribution < -0.4 is 9.88 Å². The number of nitrogens with two attached hydrogens (primary N) is 1. The Bertz CT molecular complexity index is 984. The van der Waals surface area contributed by atoms with Gasteiger partial charge in [-0.3, -0.25) is 0 Å². The summed E-state index contributed by atoms with van der Waals surface area (Å²) in [5.74, 6) is 0.813. The summed E-state index contributed by atoms with van der Waals surface area (Å²) in [6.07, 6.45) is 8.42. The molecule has 1 heterocycles. The Kier molecular flexibility index (Phi) is 3.56. The molecule has 1 spiro atoms. The van der Waals surface area contributed by atoms with Crippen LogP contribution in [0.2, 0.25) is 0 Å². The van der Waals surface area contributed by atoms with E-state index >= 15 is 0 Å². The summed E-state index contributed by atoms with van der Waals surface area (Å²) in [6.45, 7) is 0. The van der Waals surface area contributed by atoms with Crippen molar-refractivity contribution in [3.8, 4) is 5.75 Å². The second-order valence-corrected chi connectivity index (χ2v) is 8.02. The minimum atomic E-state index is -3.79. The third-order valence-electron chi connectivity index (χ3n) is 4.72. The van der Waals surface area contributed by atoms with Crippen LogP contribution in [0.5, 0.6) is 5.75 Å². The summed E-state index contributed by atoms with van der Waals surface area (Å²) >= 11 is 0. The molecule has 25 heavy (non-hydrogen) atoms. The predicted molar refractivity (Wildman–Crippen MR) is 96.2 cm³/mol. The van der Waals surface area contributed by atoms with Gasteiger partial charge in [-0.15, -0.1) is 0 Å². The lowest BCUT2D eigenvalue weighted by Gasteiger charge is -2.10. The van der Waals surface area contributed by atoms with Crippen LogP contribution in [0.3, 0.4) is 0 Å². The Labute approximate surface area is 146 Å². The quantitative estimate of drug-likeness (QED) is 0.915. The van der Waals surface area contributed by atoms with E-state index in [9.17, 15) is 8.42 Å². The molecule has 2 aromatic rings. The largest absolute Gasteiger partial charge is 0.497 e. The lowest BCUT2D eigenvalue weighted by molar-refractivity contribution is 0.415. The summed E-state index contributed by atoms with van der Waals surface area (Å²) in [6, 6.07) is 11.2. The summed E-state index contributed by atoms with van der Waals surface area (Å²) in [4.78, 5) is 4.02. The van der Waals surface area contributed by atoms with Crippen LogP contribution in [0.4, 0.5) is 0 Å². The minimum absolute atomic E-state index is 0.119. The number of allylic oxidation sites excluding steroid dienone is 4. The Balaban J connectivity index is 1.73. The number of methoxy groups -OCH3 is 1.